The number of hydrogen-bond acceptors (Lipinski definition) is 6. The lowest BCUT2D eigenvalue weighted by Gasteiger charge is -2.10. The van der Waals surface area contributed by atoms with Crippen molar-refractivity contribution in [3.63, 3.8) is 0 Å². The van der Waals surface area contributed by atoms with E-state index in [-0.39, 0.29) is 0 Å². The van der Waals surface area contributed by atoms with Crippen LogP contribution in [0.1, 0.15) is 5.56 Å². The minimum absolute atomic E-state index is 0.358. The standard InChI is InChI=1S/C14H13BrN6/c15-11-8-19-14(21-16)20-13(11)18-7-10-4-1-3-9-5-2-6-17-12(9)10/h1-6,8H,7,16H2,(H2,18,19,20,21). The SMILES string of the molecule is NNc1ncc(Br)c(NCc2cccc3cccnc23)n1. The maximum atomic E-state index is 5.32. The number of para-hydroxylation sites is 1. The van der Waals surface area contributed by atoms with Gasteiger partial charge < -0.3 is 5.32 Å². The number of nitrogens with zero attached hydrogens (tertiary/aromatic N) is 3. The average Bonchev–Trinajstić information content (AvgIpc) is 2.54. The van der Waals surface area contributed by atoms with Crippen LogP contribution >= 0.6 is 15.9 Å². The van der Waals surface area contributed by atoms with Crippen molar-refractivity contribution in [3.05, 3.63) is 52.8 Å². The molecule has 0 aliphatic heterocycles. The van der Waals surface area contributed by atoms with Gasteiger partial charge in [-0.1, -0.05) is 24.3 Å². The van der Waals surface area contributed by atoms with Gasteiger partial charge in [-0.3, -0.25) is 10.4 Å². The van der Waals surface area contributed by atoms with Crippen LogP contribution in [-0.2, 0) is 6.54 Å². The number of nitrogens with two attached hydrogens (primary N) is 1. The van der Waals surface area contributed by atoms with Crippen molar-refractivity contribution >= 4 is 38.6 Å². The zero-order valence-electron chi connectivity index (χ0n) is 11.0. The molecule has 1 aromatic carbocycles. The number of nitrogen functional groups attached to an aromatic ring is 1. The molecule has 0 bridgehead atoms. The summed E-state index contributed by atoms with van der Waals surface area (Å²) >= 11 is 3.41. The smallest absolute Gasteiger partial charge is 0.239 e. The van der Waals surface area contributed by atoms with Gasteiger partial charge in [0.05, 0.1) is 9.99 Å². The number of hydrogen-bond donors (Lipinski definition) is 3. The normalized spacial score (nSPS) is 10.6. The summed E-state index contributed by atoms with van der Waals surface area (Å²) in [5, 5.41) is 4.38. The Labute approximate surface area is 129 Å². The fraction of sp³-hybridized carbons (Fsp3) is 0.0714. The fourth-order valence-corrected chi connectivity index (χ4v) is 2.38. The molecule has 0 amide bonds. The molecule has 0 atom stereocenters. The molecule has 21 heavy (non-hydrogen) atoms. The Morgan fingerprint density at radius 1 is 1.14 bits per heavy atom. The summed E-state index contributed by atoms with van der Waals surface area (Å²) in [6, 6.07) is 10.1. The van der Waals surface area contributed by atoms with Crippen LogP contribution in [0.3, 0.4) is 0 Å². The molecule has 0 unspecified atom stereocenters. The Morgan fingerprint density at radius 2 is 2.00 bits per heavy atom. The number of pyridine rings is 1. The van der Waals surface area contributed by atoms with Gasteiger partial charge in [-0.15, -0.1) is 0 Å². The minimum atomic E-state index is 0.358. The van der Waals surface area contributed by atoms with E-state index in [9.17, 15) is 0 Å². The van der Waals surface area contributed by atoms with Gasteiger partial charge in [0.25, 0.3) is 0 Å². The zero-order valence-corrected chi connectivity index (χ0v) is 12.6. The van der Waals surface area contributed by atoms with Crippen molar-refractivity contribution in [2.75, 3.05) is 10.7 Å². The third kappa shape index (κ3) is 2.93. The van der Waals surface area contributed by atoms with Crippen LogP contribution in [0.4, 0.5) is 11.8 Å². The molecular formula is C14H13BrN6. The second-order valence-corrected chi connectivity index (χ2v) is 5.23. The topological polar surface area (TPSA) is 88.8 Å². The van der Waals surface area contributed by atoms with E-state index in [4.69, 9.17) is 5.84 Å². The third-order valence-corrected chi connectivity index (χ3v) is 3.62. The van der Waals surface area contributed by atoms with E-state index in [2.05, 4.69) is 41.6 Å². The number of fused-ring (bicyclic) bond motifs is 1. The van der Waals surface area contributed by atoms with E-state index in [0.717, 1.165) is 20.9 Å². The first-order valence-electron chi connectivity index (χ1n) is 6.33. The molecule has 2 heterocycles. The summed E-state index contributed by atoms with van der Waals surface area (Å²) in [6.07, 6.45) is 3.44. The summed E-state index contributed by atoms with van der Waals surface area (Å²) in [6.45, 7) is 0.605. The molecule has 3 aromatic rings. The largest absolute Gasteiger partial charge is 0.365 e. The molecule has 0 radical (unpaired) electrons. The molecule has 3 rings (SSSR count). The lowest BCUT2D eigenvalue weighted by Crippen LogP contribution is -2.12. The van der Waals surface area contributed by atoms with Crippen molar-refractivity contribution in [2.45, 2.75) is 6.54 Å². The summed E-state index contributed by atoms with van der Waals surface area (Å²) in [4.78, 5) is 12.7. The molecule has 0 saturated heterocycles. The molecular weight excluding hydrogens is 332 g/mol. The maximum Gasteiger partial charge on any atom is 0.239 e. The lowest BCUT2D eigenvalue weighted by molar-refractivity contribution is 1.06. The highest BCUT2D eigenvalue weighted by molar-refractivity contribution is 9.10. The van der Waals surface area contributed by atoms with Crippen LogP contribution in [0.2, 0.25) is 0 Å². The third-order valence-electron chi connectivity index (χ3n) is 3.04. The number of rotatable bonds is 4. The summed E-state index contributed by atoms with van der Waals surface area (Å²) < 4.78 is 0.773. The molecule has 0 fully saturated rings. The fourth-order valence-electron chi connectivity index (χ4n) is 2.05. The summed E-state index contributed by atoms with van der Waals surface area (Å²) in [5.41, 5.74) is 4.51. The van der Waals surface area contributed by atoms with E-state index in [1.165, 1.54) is 0 Å². The first-order valence-corrected chi connectivity index (χ1v) is 7.13. The van der Waals surface area contributed by atoms with Crippen molar-refractivity contribution in [1.82, 2.24) is 15.0 Å². The number of aromatic nitrogens is 3. The number of benzene rings is 1. The average molecular weight is 345 g/mol. The van der Waals surface area contributed by atoms with Gasteiger partial charge in [-0.2, -0.15) is 4.98 Å². The predicted molar refractivity (Wildman–Crippen MR) is 86.6 cm³/mol. The van der Waals surface area contributed by atoms with Gasteiger partial charge in [-0.05, 0) is 27.6 Å². The number of halogens is 1. The molecule has 0 saturated carbocycles. The first-order chi connectivity index (χ1) is 10.3. The van der Waals surface area contributed by atoms with Gasteiger partial charge in [0, 0.05) is 24.3 Å². The zero-order chi connectivity index (χ0) is 14.7. The van der Waals surface area contributed by atoms with Crippen LogP contribution in [0.15, 0.2) is 47.2 Å². The Hall–Kier alpha value is -2.25. The predicted octanol–water partition coefficient (Wildman–Crippen LogP) is 2.69. The lowest BCUT2D eigenvalue weighted by atomic mass is 10.1. The first kappa shape index (κ1) is 13.7. The molecule has 6 nitrogen and oxygen atoms in total. The second-order valence-electron chi connectivity index (χ2n) is 4.38. The van der Waals surface area contributed by atoms with E-state index < -0.39 is 0 Å². The molecule has 2 aromatic heterocycles. The van der Waals surface area contributed by atoms with Gasteiger partial charge in [0.15, 0.2) is 0 Å². The summed E-state index contributed by atoms with van der Waals surface area (Å²) in [5.74, 6) is 6.35. The van der Waals surface area contributed by atoms with Crippen molar-refractivity contribution in [3.8, 4) is 0 Å². The Bertz CT molecular complexity index is 771. The van der Waals surface area contributed by atoms with E-state index >= 15 is 0 Å². The van der Waals surface area contributed by atoms with Crippen LogP contribution in [0.5, 0.6) is 0 Å². The Kier molecular flexibility index (Phi) is 3.94. The maximum absolute atomic E-state index is 5.32. The summed E-state index contributed by atoms with van der Waals surface area (Å²) in [7, 11) is 0. The number of nitrogens with one attached hydrogen (secondary N) is 2. The molecule has 0 aliphatic rings. The van der Waals surface area contributed by atoms with E-state index in [0.29, 0.717) is 18.3 Å². The van der Waals surface area contributed by atoms with Gasteiger partial charge in [0.2, 0.25) is 5.95 Å². The second kappa shape index (κ2) is 6.02. The molecule has 7 heteroatoms. The number of hydrazine groups is 1. The van der Waals surface area contributed by atoms with Gasteiger partial charge in [-0.25, -0.2) is 10.8 Å². The van der Waals surface area contributed by atoms with Gasteiger partial charge >= 0.3 is 0 Å². The molecule has 4 N–H and O–H groups in total. The molecule has 0 aliphatic carbocycles. The van der Waals surface area contributed by atoms with Crippen LogP contribution in [0.25, 0.3) is 10.9 Å². The van der Waals surface area contributed by atoms with Crippen molar-refractivity contribution in [2.24, 2.45) is 5.84 Å². The van der Waals surface area contributed by atoms with E-state index in [1.807, 2.05) is 30.3 Å². The highest BCUT2D eigenvalue weighted by atomic mass is 79.9. The van der Waals surface area contributed by atoms with Crippen molar-refractivity contribution in [1.29, 1.82) is 0 Å². The molecule has 106 valence electrons. The minimum Gasteiger partial charge on any atom is -0.365 e. The van der Waals surface area contributed by atoms with Crippen LogP contribution < -0.4 is 16.6 Å². The highest BCUT2D eigenvalue weighted by Crippen LogP contribution is 2.22. The van der Waals surface area contributed by atoms with E-state index in [1.54, 1.807) is 12.4 Å². The van der Waals surface area contributed by atoms with Gasteiger partial charge in [0.1, 0.15) is 5.82 Å². The Morgan fingerprint density at radius 3 is 2.86 bits per heavy atom. The number of anilines is 2. The van der Waals surface area contributed by atoms with Crippen molar-refractivity contribution < 1.29 is 0 Å². The molecule has 0 spiro atoms. The van der Waals surface area contributed by atoms with Crippen LogP contribution in [0, 0.1) is 0 Å². The monoisotopic (exact) mass is 344 g/mol. The Balaban J connectivity index is 1.87. The highest BCUT2D eigenvalue weighted by Gasteiger charge is 2.06. The quantitative estimate of drug-likeness (QED) is 0.498. The van der Waals surface area contributed by atoms with Crippen LogP contribution in [-0.4, -0.2) is 15.0 Å².